The average Bonchev–Trinajstić information content (AvgIpc) is 2.97. The van der Waals surface area contributed by atoms with Crippen LogP contribution in [0.1, 0.15) is 23.6 Å². The molecule has 0 saturated heterocycles. The van der Waals surface area contributed by atoms with E-state index in [0.717, 1.165) is 31.9 Å². The van der Waals surface area contributed by atoms with Gasteiger partial charge in [-0.2, -0.15) is 5.10 Å². The minimum absolute atomic E-state index is 0. The average molecular weight is 441 g/mol. The van der Waals surface area contributed by atoms with Crippen LogP contribution in [0.5, 0.6) is 0 Å². The van der Waals surface area contributed by atoms with Gasteiger partial charge in [0.2, 0.25) is 0 Å². The Morgan fingerprint density at radius 2 is 1.88 bits per heavy atom. The van der Waals surface area contributed by atoms with E-state index >= 15 is 0 Å². The number of benzene rings is 1. The van der Waals surface area contributed by atoms with Crippen LogP contribution in [0.15, 0.2) is 41.7 Å². The third-order valence-electron chi connectivity index (χ3n) is 3.88. The molecule has 1 heterocycles. The van der Waals surface area contributed by atoms with Crippen molar-refractivity contribution in [3.05, 3.63) is 53.3 Å². The number of nitrogens with zero attached hydrogens (tertiary/aromatic N) is 4. The largest absolute Gasteiger partial charge is 0.356 e. The topological polar surface area (TPSA) is 45.5 Å². The van der Waals surface area contributed by atoms with Gasteiger partial charge in [-0.15, -0.1) is 24.0 Å². The zero-order valence-electron chi connectivity index (χ0n) is 15.0. The third-order valence-corrected chi connectivity index (χ3v) is 3.88. The molecule has 1 aromatic carbocycles. The van der Waals surface area contributed by atoms with Crippen molar-refractivity contribution in [1.29, 1.82) is 0 Å². The van der Waals surface area contributed by atoms with E-state index in [4.69, 9.17) is 0 Å². The van der Waals surface area contributed by atoms with Gasteiger partial charge in [-0.1, -0.05) is 31.2 Å². The quantitative estimate of drug-likeness (QED) is 0.426. The number of hydrogen-bond donors (Lipinski definition) is 1. The van der Waals surface area contributed by atoms with Gasteiger partial charge in [-0.05, 0) is 24.0 Å². The zero-order valence-corrected chi connectivity index (χ0v) is 17.3. The normalized spacial score (nSPS) is 11.1. The summed E-state index contributed by atoms with van der Waals surface area (Å²) in [6, 6.07) is 8.84. The summed E-state index contributed by atoms with van der Waals surface area (Å²) in [4.78, 5) is 6.46. The standard InChI is InChI=1S/C18H27N5.HI/c1-5-15-6-8-16(9-7-15)10-11-20-18(19-2)22(3)13-17-12-21-23(4)14-17;/h6-9,12,14H,5,10-11,13H2,1-4H3,(H,19,20);1H. The summed E-state index contributed by atoms with van der Waals surface area (Å²) >= 11 is 0. The minimum atomic E-state index is 0. The maximum absolute atomic E-state index is 4.35. The first-order valence-corrected chi connectivity index (χ1v) is 8.09. The maximum atomic E-state index is 4.35. The predicted molar refractivity (Wildman–Crippen MR) is 111 cm³/mol. The van der Waals surface area contributed by atoms with E-state index in [-0.39, 0.29) is 24.0 Å². The summed E-state index contributed by atoms with van der Waals surface area (Å²) in [7, 11) is 5.79. The Balaban J connectivity index is 0.00000288. The number of guanidine groups is 1. The Labute approximate surface area is 162 Å². The Morgan fingerprint density at radius 3 is 2.42 bits per heavy atom. The summed E-state index contributed by atoms with van der Waals surface area (Å²) in [6.07, 6.45) is 5.99. The van der Waals surface area contributed by atoms with Gasteiger partial charge in [-0.25, -0.2) is 0 Å². The fourth-order valence-electron chi connectivity index (χ4n) is 2.55. The van der Waals surface area contributed by atoms with E-state index in [1.165, 1.54) is 16.7 Å². The number of aromatic nitrogens is 2. The van der Waals surface area contributed by atoms with E-state index in [0.29, 0.717) is 0 Å². The van der Waals surface area contributed by atoms with Crippen LogP contribution in [0.25, 0.3) is 0 Å². The summed E-state index contributed by atoms with van der Waals surface area (Å²) in [5.74, 6) is 0.902. The molecule has 0 bridgehead atoms. The molecule has 0 spiro atoms. The molecule has 2 aromatic rings. The molecule has 0 amide bonds. The van der Waals surface area contributed by atoms with Crippen molar-refractivity contribution < 1.29 is 0 Å². The van der Waals surface area contributed by atoms with Crippen LogP contribution in [0, 0.1) is 0 Å². The lowest BCUT2D eigenvalue weighted by atomic mass is 10.1. The highest BCUT2D eigenvalue weighted by Crippen LogP contribution is 2.06. The van der Waals surface area contributed by atoms with Crippen LogP contribution >= 0.6 is 24.0 Å². The van der Waals surface area contributed by atoms with E-state index in [1.807, 2.05) is 38.2 Å². The van der Waals surface area contributed by atoms with E-state index < -0.39 is 0 Å². The fourth-order valence-corrected chi connectivity index (χ4v) is 2.55. The molecule has 0 saturated carbocycles. The minimum Gasteiger partial charge on any atom is -0.356 e. The van der Waals surface area contributed by atoms with Crippen LogP contribution in [-0.4, -0.2) is 41.3 Å². The highest BCUT2D eigenvalue weighted by atomic mass is 127. The summed E-state index contributed by atoms with van der Waals surface area (Å²) in [6.45, 7) is 3.84. The molecule has 0 unspecified atom stereocenters. The van der Waals surface area contributed by atoms with Crippen LogP contribution < -0.4 is 5.32 Å². The second-order valence-corrected chi connectivity index (χ2v) is 5.77. The van der Waals surface area contributed by atoms with Crippen LogP contribution in [0.3, 0.4) is 0 Å². The molecule has 1 N–H and O–H groups in total. The van der Waals surface area contributed by atoms with Crippen molar-refractivity contribution in [2.24, 2.45) is 12.0 Å². The van der Waals surface area contributed by atoms with Gasteiger partial charge < -0.3 is 10.2 Å². The van der Waals surface area contributed by atoms with Crippen molar-refractivity contribution in [2.75, 3.05) is 20.6 Å². The van der Waals surface area contributed by atoms with Gasteiger partial charge in [0.1, 0.15) is 0 Å². The summed E-state index contributed by atoms with van der Waals surface area (Å²) in [5.41, 5.74) is 3.90. The molecule has 132 valence electrons. The molecular weight excluding hydrogens is 413 g/mol. The first-order valence-electron chi connectivity index (χ1n) is 8.09. The lowest BCUT2D eigenvalue weighted by Crippen LogP contribution is -2.39. The highest BCUT2D eigenvalue weighted by molar-refractivity contribution is 14.0. The number of rotatable bonds is 6. The van der Waals surface area contributed by atoms with Gasteiger partial charge >= 0.3 is 0 Å². The lowest BCUT2D eigenvalue weighted by molar-refractivity contribution is 0.477. The molecular formula is C18H28IN5. The molecule has 0 aliphatic carbocycles. The fraction of sp³-hybridized carbons (Fsp3) is 0.444. The molecule has 0 radical (unpaired) electrons. The van der Waals surface area contributed by atoms with Crippen molar-refractivity contribution in [2.45, 2.75) is 26.3 Å². The number of halogens is 1. The predicted octanol–water partition coefficient (Wildman–Crippen LogP) is 2.85. The monoisotopic (exact) mass is 441 g/mol. The second-order valence-electron chi connectivity index (χ2n) is 5.77. The Hall–Kier alpha value is -1.57. The first-order chi connectivity index (χ1) is 11.1. The van der Waals surface area contributed by atoms with E-state index in [2.05, 4.69) is 51.5 Å². The lowest BCUT2D eigenvalue weighted by Gasteiger charge is -2.21. The van der Waals surface area contributed by atoms with Crippen LogP contribution in [-0.2, 0) is 26.4 Å². The molecule has 1 aromatic heterocycles. The number of hydrogen-bond acceptors (Lipinski definition) is 2. The van der Waals surface area contributed by atoms with E-state index in [9.17, 15) is 0 Å². The van der Waals surface area contributed by atoms with Gasteiger partial charge in [0.15, 0.2) is 5.96 Å². The molecule has 0 atom stereocenters. The van der Waals surface area contributed by atoms with Gasteiger partial charge in [0, 0.05) is 46.0 Å². The Kier molecular flexibility index (Phi) is 8.81. The maximum Gasteiger partial charge on any atom is 0.193 e. The first kappa shape index (κ1) is 20.5. The van der Waals surface area contributed by atoms with Gasteiger partial charge in [0.25, 0.3) is 0 Å². The second kappa shape index (κ2) is 10.3. The molecule has 2 rings (SSSR count). The van der Waals surface area contributed by atoms with Crippen molar-refractivity contribution >= 4 is 29.9 Å². The number of aryl methyl sites for hydroxylation is 2. The van der Waals surface area contributed by atoms with Crippen molar-refractivity contribution in [3.63, 3.8) is 0 Å². The highest BCUT2D eigenvalue weighted by Gasteiger charge is 2.07. The summed E-state index contributed by atoms with van der Waals surface area (Å²) < 4.78 is 1.82. The molecule has 0 fully saturated rings. The molecule has 0 aliphatic rings. The molecule has 24 heavy (non-hydrogen) atoms. The zero-order chi connectivity index (χ0) is 16.7. The SMILES string of the molecule is CCc1ccc(CCNC(=NC)N(C)Cc2cnn(C)c2)cc1.I. The van der Waals surface area contributed by atoms with Crippen LogP contribution in [0.4, 0.5) is 0 Å². The molecule has 6 heteroatoms. The van der Waals surface area contributed by atoms with Crippen LogP contribution in [0.2, 0.25) is 0 Å². The smallest absolute Gasteiger partial charge is 0.193 e. The number of nitrogens with one attached hydrogen (secondary N) is 1. The summed E-state index contributed by atoms with van der Waals surface area (Å²) in [5, 5.41) is 7.62. The Bertz CT molecular complexity index is 633. The van der Waals surface area contributed by atoms with Gasteiger partial charge in [0.05, 0.1) is 6.20 Å². The molecule has 5 nitrogen and oxygen atoms in total. The number of aliphatic imine (C=N–C) groups is 1. The van der Waals surface area contributed by atoms with Crippen molar-refractivity contribution in [3.8, 4) is 0 Å². The molecule has 0 aliphatic heterocycles. The van der Waals surface area contributed by atoms with Gasteiger partial charge in [-0.3, -0.25) is 9.67 Å². The van der Waals surface area contributed by atoms with E-state index in [1.54, 1.807) is 0 Å². The third kappa shape index (κ3) is 6.14. The Morgan fingerprint density at radius 1 is 1.21 bits per heavy atom. The van der Waals surface area contributed by atoms with Crippen molar-refractivity contribution in [1.82, 2.24) is 20.0 Å².